The summed E-state index contributed by atoms with van der Waals surface area (Å²) in [6, 6.07) is 9.68. The summed E-state index contributed by atoms with van der Waals surface area (Å²) in [6.07, 6.45) is 1.12. The van der Waals surface area contributed by atoms with Crippen molar-refractivity contribution < 1.29 is 27.8 Å². The topological polar surface area (TPSA) is 48.0 Å². The van der Waals surface area contributed by atoms with E-state index >= 15 is 0 Å². The molecule has 2 atom stereocenters. The SMILES string of the molecule is COc1ccc([C@H]2CC(=O)N(Cc3cccc(F)c3F)C2)cc1O[C@@H]1CCOC1. The molecule has 5 nitrogen and oxygen atoms in total. The van der Waals surface area contributed by atoms with Crippen LogP contribution >= 0.6 is 0 Å². The van der Waals surface area contributed by atoms with Crippen molar-refractivity contribution in [1.82, 2.24) is 4.90 Å². The molecule has 2 aromatic rings. The van der Waals surface area contributed by atoms with Crippen molar-refractivity contribution in [3.63, 3.8) is 0 Å². The number of rotatable bonds is 6. The first kappa shape index (κ1) is 19.6. The van der Waals surface area contributed by atoms with Gasteiger partial charge in [-0.25, -0.2) is 8.78 Å². The van der Waals surface area contributed by atoms with Gasteiger partial charge in [0.2, 0.25) is 5.91 Å². The maximum Gasteiger partial charge on any atom is 0.223 e. The highest BCUT2D eigenvalue weighted by atomic mass is 19.2. The Morgan fingerprint density at radius 3 is 2.83 bits per heavy atom. The molecule has 4 rings (SSSR count). The Balaban J connectivity index is 1.50. The molecule has 0 bridgehead atoms. The summed E-state index contributed by atoms with van der Waals surface area (Å²) < 4.78 is 44.2. The van der Waals surface area contributed by atoms with Crippen LogP contribution < -0.4 is 9.47 Å². The first-order valence-electron chi connectivity index (χ1n) is 9.68. The van der Waals surface area contributed by atoms with Gasteiger partial charge in [0, 0.05) is 37.4 Å². The van der Waals surface area contributed by atoms with E-state index in [2.05, 4.69) is 0 Å². The number of nitrogens with zero attached hydrogens (tertiary/aromatic N) is 1. The number of hydrogen-bond acceptors (Lipinski definition) is 4. The summed E-state index contributed by atoms with van der Waals surface area (Å²) in [5.41, 5.74) is 1.13. The first-order valence-corrected chi connectivity index (χ1v) is 9.68. The Morgan fingerprint density at radius 1 is 1.21 bits per heavy atom. The molecule has 0 saturated carbocycles. The third kappa shape index (κ3) is 4.19. The zero-order valence-corrected chi connectivity index (χ0v) is 16.2. The number of amides is 1. The van der Waals surface area contributed by atoms with Crippen LogP contribution in [0.3, 0.4) is 0 Å². The van der Waals surface area contributed by atoms with Crippen molar-refractivity contribution in [1.29, 1.82) is 0 Å². The second-order valence-electron chi connectivity index (χ2n) is 7.40. The fraction of sp³-hybridized carbons (Fsp3) is 0.409. The molecule has 2 fully saturated rings. The van der Waals surface area contributed by atoms with Gasteiger partial charge in [0.25, 0.3) is 0 Å². The molecule has 0 N–H and O–H groups in total. The summed E-state index contributed by atoms with van der Waals surface area (Å²) in [4.78, 5) is 14.1. The molecular formula is C22H23F2NO4. The lowest BCUT2D eigenvalue weighted by molar-refractivity contribution is -0.128. The zero-order valence-electron chi connectivity index (χ0n) is 16.2. The number of carbonyl (C=O) groups excluding carboxylic acids is 1. The first-order chi connectivity index (χ1) is 14.0. The molecule has 0 aromatic heterocycles. The molecule has 1 amide bonds. The number of likely N-dealkylation sites (tertiary alicyclic amines) is 1. The number of hydrogen-bond donors (Lipinski definition) is 0. The van der Waals surface area contributed by atoms with E-state index in [1.807, 2.05) is 18.2 Å². The summed E-state index contributed by atoms with van der Waals surface area (Å²) in [5, 5.41) is 0. The standard InChI is InChI=1S/C22H23F2NO4/c1-27-19-6-5-14(9-20(19)29-17-7-8-28-13-17)16-10-21(26)25(12-16)11-15-3-2-4-18(23)22(15)24/h2-6,9,16-17H,7-8,10-13H2,1H3/t16-,17+/m0/s1. The van der Waals surface area contributed by atoms with Crippen LogP contribution in [0.25, 0.3) is 0 Å². The van der Waals surface area contributed by atoms with Gasteiger partial charge in [-0.05, 0) is 23.8 Å². The van der Waals surface area contributed by atoms with E-state index in [9.17, 15) is 13.6 Å². The van der Waals surface area contributed by atoms with E-state index in [0.29, 0.717) is 37.7 Å². The predicted octanol–water partition coefficient (Wildman–Crippen LogP) is 3.66. The van der Waals surface area contributed by atoms with Crippen molar-refractivity contribution in [3.8, 4) is 11.5 Å². The Kier molecular flexibility index (Phi) is 5.67. The summed E-state index contributed by atoms with van der Waals surface area (Å²) in [6.45, 7) is 1.71. The van der Waals surface area contributed by atoms with Crippen LogP contribution in [0.15, 0.2) is 36.4 Å². The van der Waals surface area contributed by atoms with Gasteiger partial charge >= 0.3 is 0 Å². The molecule has 7 heteroatoms. The van der Waals surface area contributed by atoms with Crippen molar-refractivity contribution in [2.45, 2.75) is 31.4 Å². The lowest BCUT2D eigenvalue weighted by atomic mass is 9.98. The van der Waals surface area contributed by atoms with E-state index in [1.165, 1.54) is 12.1 Å². The van der Waals surface area contributed by atoms with Crippen LogP contribution in [0.2, 0.25) is 0 Å². The van der Waals surface area contributed by atoms with E-state index in [1.54, 1.807) is 12.0 Å². The molecule has 2 saturated heterocycles. The molecule has 0 spiro atoms. The van der Waals surface area contributed by atoms with Crippen LogP contribution in [0.5, 0.6) is 11.5 Å². The Bertz CT molecular complexity index is 898. The number of halogens is 2. The minimum absolute atomic E-state index is 0.0168. The van der Waals surface area contributed by atoms with E-state index in [4.69, 9.17) is 14.2 Å². The number of benzene rings is 2. The van der Waals surface area contributed by atoms with Crippen LogP contribution in [0.1, 0.15) is 29.9 Å². The minimum atomic E-state index is -0.904. The Hall–Kier alpha value is -2.67. The monoisotopic (exact) mass is 403 g/mol. The summed E-state index contributed by atoms with van der Waals surface area (Å²) in [7, 11) is 1.58. The van der Waals surface area contributed by atoms with Crippen LogP contribution in [-0.4, -0.2) is 43.8 Å². The average Bonchev–Trinajstić information content (AvgIpc) is 3.35. The maximum absolute atomic E-state index is 14.0. The Labute approximate surface area is 168 Å². The van der Waals surface area contributed by atoms with Crippen LogP contribution in [-0.2, 0) is 16.1 Å². The zero-order chi connectivity index (χ0) is 20.4. The highest BCUT2D eigenvalue weighted by Gasteiger charge is 2.32. The summed E-state index contributed by atoms with van der Waals surface area (Å²) >= 11 is 0. The lowest BCUT2D eigenvalue weighted by Gasteiger charge is -2.19. The highest BCUT2D eigenvalue weighted by Crippen LogP contribution is 2.36. The van der Waals surface area contributed by atoms with Crippen molar-refractivity contribution in [2.24, 2.45) is 0 Å². The molecule has 0 radical (unpaired) electrons. The molecule has 0 aliphatic carbocycles. The predicted molar refractivity (Wildman–Crippen MR) is 102 cm³/mol. The van der Waals surface area contributed by atoms with Gasteiger partial charge < -0.3 is 19.1 Å². The van der Waals surface area contributed by atoms with Gasteiger partial charge in [-0.2, -0.15) is 0 Å². The second kappa shape index (κ2) is 8.37. The Morgan fingerprint density at radius 2 is 2.07 bits per heavy atom. The fourth-order valence-corrected chi connectivity index (χ4v) is 3.85. The minimum Gasteiger partial charge on any atom is -0.493 e. The van der Waals surface area contributed by atoms with Gasteiger partial charge in [-0.1, -0.05) is 18.2 Å². The molecule has 2 heterocycles. The van der Waals surface area contributed by atoms with E-state index in [0.717, 1.165) is 18.1 Å². The largest absolute Gasteiger partial charge is 0.493 e. The van der Waals surface area contributed by atoms with Crippen molar-refractivity contribution >= 4 is 5.91 Å². The van der Waals surface area contributed by atoms with Crippen molar-refractivity contribution in [3.05, 3.63) is 59.2 Å². The van der Waals surface area contributed by atoms with Gasteiger partial charge in [-0.3, -0.25) is 4.79 Å². The number of methoxy groups -OCH3 is 1. The number of carbonyl (C=O) groups is 1. The van der Waals surface area contributed by atoms with Gasteiger partial charge in [0.1, 0.15) is 6.10 Å². The normalized spacial score (nSPS) is 21.6. The average molecular weight is 403 g/mol. The van der Waals surface area contributed by atoms with Gasteiger partial charge in [0.05, 0.1) is 20.3 Å². The molecule has 2 aliphatic heterocycles. The van der Waals surface area contributed by atoms with Crippen molar-refractivity contribution in [2.75, 3.05) is 26.9 Å². The molecule has 0 unspecified atom stereocenters. The number of ether oxygens (including phenoxy) is 3. The van der Waals surface area contributed by atoms with Crippen LogP contribution in [0.4, 0.5) is 8.78 Å². The maximum atomic E-state index is 14.0. The van der Waals surface area contributed by atoms with Gasteiger partial charge in [-0.15, -0.1) is 0 Å². The molecule has 29 heavy (non-hydrogen) atoms. The molecular weight excluding hydrogens is 380 g/mol. The highest BCUT2D eigenvalue weighted by molar-refractivity contribution is 5.79. The smallest absolute Gasteiger partial charge is 0.223 e. The molecule has 2 aliphatic rings. The molecule has 2 aromatic carbocycles. The quantitative estimate of drug-likeness (QED) is 0.739. The van der Waals surface area contributed by atoms with E-state index < -0.39 is 11.6 Å². The third-order valence-electron chi connectivity index (χ3n) is 5.45. The fourth-order valence-electron chi connectivity index (χ4n) is 3.85. The third-order valence-corrected chi connectivity index (χ3v) is 5.45. The molecule has 154 valence electrons. The second-order valence-corrected chi connectivity index (χ2v) is 7.40. The lowest BCUT2D eigenvalue weighted by Crippen LogP contribution is -2.25. The van der Waals surface area contributed by atoms with Crippen LogP contribution in [0, 0.1) is 11.6 Å². The van der Waals surface area contributed by atoms with E-state index in [-0.39, 0.29) is 30.0 Å². The summed E-state index contributed by atoms with van der Waals surface area (Å²) in [5.74, 6) is -0.680. The van der Waals surface area contributed by atoms with Gasteiger partial charge in [0.15, 0.2) is 23.1 Å².